The minimum absolute atomic E-state index is 0.125. The third-order valence-electron chi connectivity index (χ3n) is 2.92. The minimum Gasteiger partial charge on any atom is -0.380 e. The highest BCUT2D eigenvalue weighted by Crippen LogP contribution is 2.34. The average molecular weight is 305 g/mol. The van der Waals surface area contributed by atoms with Crippen LogP contribution in [0.3, 0.4) is 0 Å². The molecule has 0 radical (unpaired) electrons. The summed E-state index contributed by atoms with van der Waals surface area (Å²) in [5.74, 6) is 0. The molecule has 0 amide bonds. The Kier molecular flexibility index (Phi) is 3.27. The number of halogens is 2. The number of thiazole rings is 1. The zero-order valence-corrected chi connectivity index (χ0v) is 11.9. The maximum atomic E-state index is 6.03. The number of hydrogen-bond donors (Lipinski definition) is 0. The third-order valence-corrected chi connectivity index (χ3v) is 4.59. The van der Waals surface area contributed by atoms with Crippen LogP contribution in [-0.4, -0.2) is 41.3 Å². The van der Waals surface area contributed by atoms with Gasteiger partial charge in [-0.2, -0.15) is 9.97 Å². The summed E-state index contributed by atoms with van der Waals surface area (Å²) in [6.45, 7) is 1.77. The molecule has 3 heterocycles. The predicted octanol–water partition coefficient (Wildman–Crippen LogP) is 2.62. The van der Waals surface area contributed by atoms with E-state index in [4.69, 9.17) is 27.9 Å². The molecule has 0 N–H and O–H groups in total. The van der Waals surface area contributed by atoms with Gasteiger partial charge in [-0.25, -0.2) is 4.98 Å². The predicted molar refractivity (Wildman–Crippen MR) is 72.9 cm³/mol. The van der Waals surface area contributed by atoms with Gasteiger partial charge in [0, 0.05) is 20.2 Å². The molecule has 96 valence electrons. The molecule has 0 spiro atoms. The SMILES string of the molecule is CO[C@H]1CCN(c2nc3nc(Cl)nc(Cl)c3s2)C1. The molecule has 5 nitrogen and oxygen atoms in total. The van der Waals surface area contributed by atoms with Crippen LogP contribution in [0.4, 0.5) is 5.13 Å². The van der Waals surface area contributed by atoms with E-state index in [1.165, 1.54) is 11.3 Å². The van der Waals surface area contributed by atoms with Gasteiger partial charge in [0.25, 0.3) is 0 Å². The first kappa shape index (κ1) is 12.3. The van der Waals surface area contributed by atoms with E-state index in [0.717, 1.165) is 29.3 Å². The smallest absolute Gasteiger partial charge is 0.225 e. The number of ether oxygens (including phenoxy) is 1. The zero-order valence-electron chi connectivity index (χ0n) is 9.56. The lowest BCUT2D eigenvalue weighted by Crippen LogP contribution is -2.21. The van der Waals surface area contributed by atoms with E-state index >= 15 is 0 Å². The van der Waals surface area contributed by atoms with E-state index in [-0.39, 0.29) is 11.4 Å². The van der Waals surface area contributed by atoms with Gasteiger partial charge in [0.05, 0.1) is 6.10 Å². The molecule has 1 aliphatic rings. The molecular weight excluding hydrogens is 295 g/mol. The Labute approximate surface area is 118 Å². The van der Waals surface area contributed by atoms with Crippen LogP contribution in [0.25, 0.3) is 10.3 Å². The lowest BCUT2D eigenvalue weighted by atomic mass is 10.3. The third kappa shape index (κ3) is 2.14. The van der Waals surface area contributed by atoms with Gasteiger partial charge in [0.2, 0.25) is 5.28 Å². The first-order valence-electron chi connectivity index (χ1n) is 5.44. The highest BCUT2D eigenvalue weighted by atomic mass is 35.5. The van der Waals surface area contributed by atoms with Crippen LogP contribution in [0.1, 0.15) is 6.42 Å². The number of hydrogen-bond acceptors (Lipinski definition) is 6. The summed E-state index contributed by atoms with van der Waals surface area (Å²) in [6.07, 6.45) is 1.27. The summed E-state index contributed by atoms with van der Waals surface area (Å²) >= 11 is 13.3. The summed E-state index contributed by atoms with van der Waals surface area (Å²) in [4.78, 5) is 14.6. The van der Waals surface area contributed by atoms with E-state index < -0.39 is 0 Å². The largest absolute Gasteiger partial charge is 0.380 e. The molecule has 1 saturated heterocycles. The average Bonchev–Trinajstić information content (AvgIpc) is 2.93. The summed E-state index contributed by atoms with van der Waals surface area (Å²) in [6, 6.07) is 0. The summed E-state index contributed by atoms with van der Waals surface area (Å²) < 4.78 is 6.11. The van der Waals surface area contributed by atoms with E-state index in [0.29, 0.717) is 10.8 Å². The van der Waals surface area contributed by atoms with Crippen molar-refractivity contribution in [1.82, 2.24) is 15.0 Å². The highest BCUT2D eigenvalue weighted by Gasteiger charge is 2.25. The molecule has 2 aromatic heterocycles. The van der Waals surface area contributed by atoms with E-state index in [1.807, 2.05) is 0 Å². The first-order chi connectivity index (χ1) is 8.67. The Balaban J connectivity index is 1.96. The van der Waals surface area contributed by atoms with E-state index in [2.05, 4.69) is 19.9 Å². The second-order valence-electron chi connectivity index (χ2n) is 4.03. The quantitative estimate of drug-likeness (QED) is 0.630. The molecular formula is C10H10Cl2N4OS. The number of fused-ring (bicyclic) bond motifs is 1. The van der Waals surface area contributed by atoms with Gasteiger partial charge >= 0.3 is 0 Å². The molecule has 0 saturated carbocycles. The summed E-state index contributed by atoms with van der Waals surface area (Å²) in [7, 11) is 1.73. The van der Waals surface area contributed by atoms with Crippen molar-refractivity contribution in [2.75, 3.05) is 25.1 Å². The molecule has 1 atom stereocenters. The molecule has 2 aromatic rings. The summed E-state index contributed by atoms with van der Waals surface area (Å²) in [5, 5.41) is 1.37. The Hall–Kier alpha value is -0.690. The fourth-order valence-electron chi connectivity index (χ4n) is 1.99. The van der Waals surface area contributed by atoms with Gasteiger partial charge in [-0.15, -0.1) is 0 Å². The topological polar surface area (TPSA) is 51.1 Å². The zero-order chi connectivity index (χ0) is 12.7. The van der Waals surface area contributed by atoms with E-state index in [1.54, 1.807) is 7.11 Å². The maximum Gasteiger partial charge on any atom is 0.225 e. The Morgan fingerprint density at radius 2 is 2.17 bits per heavy atom. The monoisotopic (exact) mass is 304 g/mol. The van der Waals surface area contributed by atoms with Crippen molar-refractivity contribution in [1.29, 1.82) is 0 Å². The molecule has 8 heteroatoms. The molecule has 0 aliphatic carbocycles. The number of anilines is 1. The van der Waals surface area contributed by atoms with Crippen LogP contribution in [0.5, 0.6) is 0 Å². The maximum absolute atomic E-state index is 6.03. The second kappa shape index (κ2) is 4.77. The minimum atomic E-state index is 0.125. The Bertz CT molecular complexity index is 591. The van der Waals surface area contributed by atoms with Crippen LogP contribution in [0, 0.1) is 0 Å². The van der Waals surface area contributed by atoms with Gasteiger partial charge in [0.1, 0.15) is 4.70 Å². The lowest BCUT2D eigenvalue weighted by molar-refractivity contribution is 0.121. The van der Waals surface area contributed by atoms with Gasteiger partial charge < -0.3 is 9.64 Å². The van der Waals surface area contributed by atoms with E-state index in [9.17, 15) is 0 Å². The molecule has 0 aromatic carbocycles. The van der Waals surface area contributed by atoms with Crippen LogP contribution in [0.2, 0.25) is 10.4 Å². The van der Waals surface area contributed by atoms with Crippen molar-refractivity contribution in [3.8, 4) is 0 Å². The van der Waals surface area contributed by atoms with Crippen LogP contribution in [0.15, 0.2) is 0 Å². The molecule has 0 unspecified atom stereocenters. The molecule has 1 aliphatic heterocycles. The normalized spacial score (nSPS) is 19.9. The van der Waals surface area contributed by atoms with Crippen LogP contribution < -0.4 is 4.90 Å². The van der Waals surface area contributed by atoms with Crippen LogP contribution >= 0.6 is 34.5 Å². The number of methoxy groups -OCH3 is 1. The van der Waals surface area contributed by atoms with Crippen molar-refractivity contribution in [3.05, 3.63) is 10.4 Å². The second-order valence-corrected chi connectivity index (χ2v) is 5.70. The fraction of sp³-hybridized carbons (Fsp3) is 0.500. The Morgan fingerprint density at radius 1 is 1.33 bits per heavy atom. The molecule has 0 bridgehead atoms. The van der Waals surface area contributed by atoms with Gasteiger partial charge in [-0.3, -0.25) is 0 Å². The van der Waals surface area contributed by atoms with Crippen LogP contribution in [-0.2, 0) is 4.74 Å². The van der Waals surface area contributed by atoms with Crippen molar-refractivity contribution in [2.24, 2.45) is 0 Å². The highest BCUT2D eigenvalue weighted by molar-refractivity contribution is 7.22. The van der Waals surface area contributed by atoms with Crippen molar-refractivity contribution in [3.63, 3.8) is 0 Å². The number of aromatic nitrogens is 3. The van der Waals surface area contributed by atoms with Crippen molar-refractivity contribution >= 4 is 50.0 Å². The molecule has 18 heavy (non-hydrogen) atoms. The molecule has 3 rings (SSSR count). The van der Waals surface area contributed by atoms with Crippen molar-refractivity contribution in [2.45, 2.75) is 12.5 Å². The Morgan fingerprint density at radius 3 is 2.89 bits per heavy atom. The van der Waals surface area contributed by atoms with Gasteiger partial charge in [0.15, 0.2) is 15.9 Å². The van der Waals surface area contributed by atoms with Crippen molar-refractivity contribution < 1.29 is 4.74 Å². The standard InChI is InChI=1S/C10H10Cl2N4OS/c1-17-5-2-3-16(4-5)10-15-8-6(18-10)7(11)13-9(12)14-8/h5H,2-4H2,1H3/t5-/m0/s1. The number of rotatable bonds is 2. The first-order valence-corrected chi connectivity index (χ1v) is 7.02. The lowest BCUT2D eigenvalue weighted by Gasteiger charge is -2.13. The van der Waals surface area contributed by atoms with Gasteiger partial charge in [-0.1, -0.05) is 22.9 Å². The van der Waals surface area contributed by atoms with Gasteiger partial charge in [-0.05, 0) is 18.0 Å². The molecule has 1 fully saturated rings. The fourth-order valence-corrected chi connectivity index (χ4v) is 3.40. The number of nitrogens with zero attached hydrogens (tertiary/aromatic N) is 4. The summed E-state index contributed by atoms with van der Waals surface area (Å²) in [5.41, 5.74) is 0.556.